The lowest BCUT2D eigenvalue weighted by Crippen LogP contribution is -2.41. The number of aliphatic imine (C=N–C) groups is 1. The van der Waals surface area contributed by atoms with Crippen molar-refractivity contribution in [1.82, 2.24) is 24.9 Å². The van der Waals surface area contributed by atoms with E-state index in [9.17, 15) is 0 Å². The molecule has 0 radical (unpaired) electrons. The van der Waals surface area contributed by atoms with E-state index in [4.69, 9.17) is 0 Å². The molecule has 1 aliphatic heterocycles. The van der Waals surface area contributed by atoms with Crippen molar-refractivity contribution in [1.29, 1.82) is 0 Å². The fraction of sp³-hybridized carbons (Fsp3) is 0.789. The predicted molar refractivity (Wildman–Crippen MR) is 120 cm³/mol. The molecule has 1 fully saturated rings. The van der Waals surface area contributed by atoms with Gasteiger partial charge in [-0.05, 0) is 37.8 Å². The van der Waals surface area contributed by atoms with Crippen LogP contribution in [0.4, 0.5) is 0 Å². The summed E-state index contributed by atoms with van der Waals surface area (Å²) in [6, 6.07) is 0. The molecule has 0 bridgehead atoms. The van der Waals surface area contributed by atoms with Gasteiger partial charge in [0.2, 0.25) is 0 Å². The van der Waals surface area contributed by atoms with Crippen molar-refractivity contribution >= 4 is 29.9 Å². The molecular formula is C19H37IN6. The van der Waals surface area contributed by atoms with Gasteiger partial charge in [0.1, 0.15) is 0 Å². The smallest absolute Gasteiger partial charge is 0.193 e. The molecule has 2 rings (SSSR count). The van der Waals surface area contributed by atoms with Crippen molar-refractivity contribution < 1.29 is 0 Å². The summed E-state index contributed by atoms with van der Waals surface area (Å²) in [5.74, 6) is 2.12. The molecule has 1 unspecified atom stereocenters. The van der Waals surface area contributed by atoms with E-state index in [0.717, 1.165) is 25.0 Å². The molecule has 1 aliphatic rings. The summed E-state index contributed by atoms with van der Waals surface area (Å²) in [5.41, 5.74) is 2.45. The van der Waals surface area contributed by atoms with Crippen LogP contribution in [0, 0.1) is 5.92 Å². The minimum Gasteiger partial charge on any atom is -0.356 e. The Morgan fingerprint density at radius 2 is 2.19 bits per heavy atom. The van der Waals surface area contributed by atoms with E-state index in [0.29, 0.717) is 5.92 Å². The third kappa shape index (κ3) is 6.40. The highest BCUT2D eigenvalue weighted by atomic mass is 127. The van der Waals surface area contributed by atoms with Crippen LogP contribution in [0.1, 0.15) is 50.8 Å². The Labute approximate surface area is 176 Å². The summed E-state index contributed by atoms with van der Waals surface area (Å²) in [5, 5.41) is 8.18. The van der Waals surface area contributed by atoms with E-state index >= 15 is 0 Å². The molecule has 2 heterocycles. The maximum Gasteiger partial charge on any atom is 0.193 e. The summed E-state index contributed by atoms with van der Waals surface area (Å²) in [6.45, 7) is 12.1. The third-order valence-corrected chi connectivity index (χ3v) is 4.92. The first kappa shape index (κ1) is 23.2. The number of hydrogen-bond donors (Lipinski definition) is 1. The van der Waals surface area contributed by atoms with Gasteiger partial charge >= 0.3 is 0 Å². The zero-order chi connectivity index (χ0) is 18.4. The second kappa shape index (κ2) is 11.1. The molecule has 1 saturated heterocycles. The molecule has 6 nitrogen and oxygen atoms in total. The van der Waals surface area contributed by atoms with E-state index in [1.807, 2.05) is 18.8 Å². The van der Waals surface area contributed by atoms with Crippen molar-refractivity contribution in [3.8, 4) is 0 Å². The van der Waals surface area contributed by atoms with E-state index in [2.05, 4.69) is 59.2 Å². The maximum absolute atomic E-state index is 4.61. The summed E-state index contributed by atoms with van der Waals surface area (Å²) in [6.07, 6.45) is 4.65. The molecule has 0 aromatic carbocycles. The van der Waals surface area contributed by atoms with Gasteiger partial charge in [-0.2, -0.15) is 5.10 Å². The zero-order valence-electron chi connectivity index (χ0n) is 17.3. The molecule has 1 atom stereocenters. The molecule has 0 aliphatic carbocycles. The molecule has 0 amide bonds. The molecule has 26 heavy (non-hydrogen) atoms. The number of rotatable bonds is 7. The number of nitrogens with zero attached hydrogens (tertiary/aromatic N) is 5. The lowest BCUT2D eigenvalue weighted by atomic mass is 10.1. The lowest BCUT2D eigenvalue weighted by molar-refractivity contribution is 0.324. The summed E-state index contributed by atoms with van der Waals surface area (Å²) in [4.78, 5) is 9.24. The monoisotopic (exact) mass is 476 g/mol. The van der Waals surface area contributed by atoms with Crippen LogP contribution in [0.5, 0.6) is 0 Å². The van der Waals surface area contributed by atoms with Crippen molar-refractivity contribution in [2.24, 2.45) is 18.0 Å². The Kier molecular flexibility index (Phi) is 9.92. The molecule has 7 heteroatoms. The van der Waals surface area contributed by atoms with Crippen LogP contribution >= 0.6 is 24.0 Å². The number of guanidine groups is 1. The van der Waals surface area contributed by atoms with E-state index in [1.54, 1.807) is 0 Å². The van der Waals surface area contributed by atoms with Gasteiger partial charge in [-0.25, -0.2) is 0 Å². The Morgan fingerprint density at radius 1 is 1.46 bits per heavy atom. The first-order valence-electron chi connectivity index (χ1n) is 9.61. The molecule has 1 aromatic heterocycles. The SMILES string of the molecule is CCCN1CCC(CNC(=NC)N(C)Cc2cn(C)nc2C(C)C)C1.I. The number of nitrogens with one attached hydrogen (secondary N) is 1. The van der Waals surface area contributed by atoms with Crippen LogP contribution in [-0.4, -0.2) is 65.8 Å². The van der Waals surface area contributed by atoms with Crippen molar-refractivity contribution in [2.75, 3.05) is 40.3 Å². The van der Waals surface area contributed by atoms with Crippen LogP contribution in [0.15, 0.2) is 11.2 Å². The van der Waals surface area contributed by atoms with E-state index in [-0.39, 0.29) is 24.0 Å². The second-order valence-corrected chi connectivity index (χ2v) is 7.61. The number of aromatic nitrogens is 2. The van der Waals surface area contributed by atoms with Gasteiger partial charge in [0.15, 0.2) is 5.96 Å². The third-order valence-electron chi connectivity index (χ3n) is 4.92. The van der Waals surface area contributed by atoms with Crippen LogP contribution in [0.25, 0.3) is 0 Å². The maximum atomic E-state index is 4.61. The second-order valence-electron chi connectivity index (χ2n) is 7.61. The van der Waals surface area contributed by atoms with Gasteiger partial charge in [-0.15, -0.1) is 24.0 Å². The summed E-state index contributed by atoms with van der Waals surface area (Å²) in [7, 11) is 5.96. The average molecular weight is 476 g/mol. The molecule has 1 N–H and O–H groups in total. The minimum absolute atomic E-state index is 0. The first-order valence-corrected chi connectivity index (χ1v) is 9.61. The van der Waals surface area contributed by atoms with Crippen LogP contribution in [-0.2, 0) is 13.6 Å². The average Bonchev–Trinajstić information content (AvgIpc) is 3.15. The number of hydrogen-bond acceptors (Lipinski definition) is 3. The minimum atomic E-state index is 0. The van der Waals surface area contributed by atoms with Crippen LogP contribution < -0.4 is 5.32 Å². The van der Waals surface area contributed by atoms with E-state index < -0.39 is 0 Å². The highest BCUT2D eigenvalue weighted by molar-refractivity contribution is 14.0. The van der Waals surface area contributed by atoms with Gasteiger partial charge in [0.05, 0.1) is 5.69 Å². The fourth-order valence-electron chi connectivity index (χ4n) is 3.71. The Bertz CT molecular complexity index is 568. The normalized spacial score (nSPS) is 18.3. The first-order chi connectivity index (χ1) is 11.9. The van der Waals surface area contributed by atoms with Crippen molar-refractivity contribution in [3.63, 3.8) is 0 Å². The Balaban J connectivity index is 0.00000338. The lowest BCUT2D eigenvalue weighted by Gasteiger charge is -2.24. The van der Waals surface area contributed by atoms with Crippen LogP contribution in [0.2, 0.25) is 0 Å². The largest absolute Gasteiger partial charge is 0.356 e. The predicted octanol–water partition coefficient (Wildman–Crippen LogP) is 2.90. The Morgan fingerprint density at radius 3 is 2.81 bits per heavy atom. The van der Waals surface area contributed by atoms with E-state index in [1.165, 1.54) is 43.7 Å². The quantitative estimate of drug-likeness (QED) is 0.374. The van der Waals surface area contributed by atoms with Gasteiger partial charge in [0.25, 0.3) is 0 Å². The highest BCUT2D eigenvalue weighted by Crippen LogP contribution is 2.19. The van der Waals surface area contributed by atoms with Gasteiger partial charge < -0.3 is 15.1 Å². The number of halogens is 1. The van der Waals surface area contributed by atoms with Crippen LogP contribution in [0.3, 0.4) is 0 Å². The van der Waals surface area contributed by atoms with Gasteiger partial charge in [-0.3, -0.25) is 9.67 Å². The highest BCUT2D eigenvalue weighted by Gasteiger charge is 2.22. The fourth-order valence-corrected chi connectivity index (χ4v) is 3.71. The number of likely N-dealkylation sites (tertiary alicyclic amines) is 1. The topological polar surface area (TPSA) is 48.7 Å². The van der Waals surface area contributed by atoms with Crippen molar-refractivity contribution in [2.45, 2.75) is 46.1 Å². The summed E-state index contributed by atoms with van der Waals surface area (Å²) >= 11 is 0. The van der Waals surface area contributed by atoms with Crippen molar-refractivity contribution in [3.05, 3.63) is 17.5 Å². The standard InChI is InChI=1S/C19H36N6.HI/c1-7-9-25-10-8-16(12-25)11-21-19(20-4)23(5)13-17-14-24(6)22-18(17)15(2)3;/h14-16H,7-13H2,1-6H3,(H,20,21);1H. The zero-order valence-corrected chi connectivity index (χ0v) is 19.7. The van der Waals surface area contributed by atoms with Gasteiger partial charge in [0, 0.05) is 52.5 Å². The molecule has 1 aromatic rings. The Hall–Kier alpha value is -0.830. The molecule has 0 spiro atoms. The van der Waals surface area contributed by atoms with Gasteiger partial charge in [-0.1, -0.05) is 20.8 Å². The summed E-state index contributed by atoms with van der Waals surface area (Å²) < 4.78 is 1.91. The molecule has 150 valence electrons. The molecule has 0 saturated carbocycles. The molecular weight excluding hydrogens is 439 g/mol. The number of aryl methyl sites for hydroxylation is 1.